The lowest BCUT2D eigenvalue weighted by molar-refractivity contribution is 0.544. The fourth-order valence-corrected chi connectivity index (χ4v) is 0.826. The van der Waals surface area contributed by atoms with Crippen molar-refractivity contribution >= 4 is 11.6 Å². The second kappa shape index (κ2) is 3.19. The third-order valence-electron chi connectivity index (χ3n) is 1.58. The van der Waals surface area contributed by atoms with Crippen LogP contribution in [0, 0.1) is 0 Å². The van der Waals surface area contributed by atoms with E-state index in [-0.39, 0.29) is 0 Å². The van der Waals surface area contributed by atoms with Crippen molar-refractivity contribution in [2.24, 2.45) is 0 Å². The quantitative estimate of drug-likeness (QED) is 0.646. The predicted octanol–water partition coefficient (Wildman–Crippen LogP) is 2.74. The summed E-state index contributed by atoms with van der Waals surface area (Å²) in [6, 6.07) is 0. The van der Waals surface area contributed by atoms with Gasteiger partial charge in [-0.05, 0) is 25.5 Å². The highest BCUT2D eigenvalue weighted by Crippen LogP contribution is 2.17. The highest BCUT2D eigenvalue weighted by Gasteiger charge is 2.04. The number of oxazole rings is 1. The number of nitrogens with zero attached hydrogens (tertiary/aromatic N) is 1. The third kappa shape index (κ3) is 1.40. The molecule has 0 aliphatic rings. The number of allylic oxidation sites excluding steroid dienone is 2. The van der Waals surface area contributed by atoms with Gasteiger partial charge in [0.25, 0.3) is 0 Å². The molecule has 58 valence electrons. The van der Waals surface area contributed by atoms with Crippen LogP contribution in [0.3, 0.4) is 0 Å². The molecule has 0 bridgehead atoms. The van der Waals surface area contributed by atoms with Crippen molar-refractivity contribution in [3.8, 4) is 0 Å². The molecule has 0 saturated heterocycles. The van der Waals surface area contributed by atoms with E-state index in [4.69, 9.17) is 4.42 Å². The van der Waals surface area contributed by atoms with Gasteiger partial charge in [0.1, 0.15) is 5.69 Å². The lowest BCUT2D eigenvalue weighted by Crippen LogP contribution is -1.79. The molecule has 2 heteroatoms. The number of hydrogen-bond donors (Lipinski definition) is 0. The first-order valence-electron chi connectivity index (χ1n) is 3.48. The lowest BCUT2D eigenvalue weighted by atomic mass is 10.2. The summed E-state index contributed by atoms with van der Waals surface area (Å²) >= 11 is 0. The Hall–Kier alpha value is -1.31. The minimum atomic E-state index is 0.806. The average molecular weight is 149 g/mol. The average Bonchev–Trinajstić information content (AvgIpc) is 2.50. The zero-order chi connectivity index (χ0) is 8.27. The number of aromatic nitrogens is 1. The molecular weight excluding hydrogens is 138 g/mol. The van der Waals surface area contributed by atoms with Gasteiger partial charge in [-0.15, -0.1) is 0 Å². The highest BCUT2D eigenvalue weighted by molar-refractivity contribution is 5.66. The van der Waals surface area contributed by atoms with Crippen LogP contribution >= 0.6 is 0 Å². The summed E-state index contributed by atoms with van der Waals surface area (Å²) in [5.41, 5.74) is 1.89. The molecule has 0 unspecified atom stereocenters. The summed E-state index contributed by atoms with van der Waals surface area (Å²) in [7, 11) is 0. The minimum absolute atomic E-state index is 0.806. The van der Waals surface area contributed by atoms with Gasteiger partial charge in [-0.25, -0.2) is 4.98 Å². The van der Waals surface area contributed by atoms with Crippen LogP contribution in [-0.2, 0) is 0 Å². The third-order valence-corrected chi connectivity index (χ3v) is 1.58. The Morgan fingerprint density at radius 2 is 2.45 bits per heavy atom. The van der Waals surface area contributed by atoms with E-state index in [1.165, 1.54) is 6.39 Å². The van der Waals surface area contributed by atoms with E-state index >= 15 is 0 Å². The van der Waals surface area contributed by atoms with E-state index in [0.29, 0.717) is 0 Å². The van der Waals surface area contributed by atoms with Gasteiger partial charge in [-0.1, -0.05) is 12.7 Å². The largest absolute Gasteiger partial charge is 0.443 e. The van der Waals surface area contributed by atoms with Crippen LogP contribution in [-0.4, -0.2) is 4.98 Å². The fourth-order valence-electron chi connectivity index (χ4n) is 0.826. The summed E-state index contributed by atoms with van der Waals surface area (Å²) in [6.45, 7) is 7.57. The normalized spacial score (nSPS) is 11.6. The molecule has 1 aromatic rings. The first-order valence-corrected chi connectivity index (χ1v) is 3.48. The van der Waals surface area contributed by atoms with Gasteiger partial charge in [0.15, 0.2) is 12.2 Å². The zero-order valence-corrected chi connectivity index (χ0v) is 6.79. The molecule has 0 aliphatic heterocycles. The second-order valence-electron chi connectivity index (χ2n) is 2.24. The van der Waals surface area contributed by atoms with Crippen LogP contribution in [0.15, 0.2) is 23.5 Å². The van der Waals surface area contributed by atoms with Gasteiger partial charge in [0.05, 0.1) is 0 Å². The van der Waals surface area contributed by atoms with Crippen molar-refractivity contribution in [2.75, 3.05) is 0 Å². The predicted molar refractivity (Wildman–Crippen MR) is 45.9 cm³/mol. The lowest BCUT2D eigenvalue weighted by Gasteiger charge is -1.93. The van der Waals surface area contributed by atoms with Crippen LogP contribution in [0.5, 0.6) is 0 Å². The molecule has 1 aromatic heterocycles. The molecule has 0 radical (unpaired) electrons. The van der Waals surface area contributed by atoms with E-state index in [1.54, 1.807) is 6.08 Å². The monoisotopic (exact) mass is 149 g/mol. The van der Waals surface area contributed by atoms with Crippen LogP contribution in [0.1, 0.15) is 25.3 Å². The van der Waals surface area contributed by atoms with Crippen molar-refractivity contribution in [1.82, 2.24) is 4.98 Å². The highest BCUT2D eigenvalue weighted by atomic mass is 16.3. The van der Waals surface area contributed by atoms with Crippen LogP contribution in [0.25, 0.3) is 11.6 Å². The van der Waals surface area contributed by atoms with Gasteiger partial charge in [0, 0.05) is 0 Å². The maximum absolute atomic E-state index is 5.16. The Morgan fingerprint density at radius 3 is 3.00 bits per heavy atom. The topological polar surface area (TPSA) is 26.0 Å². The standard InChI is InChI=1S/C9H11NO/c1-4-7(3)9-8(5-2)10-6-11-9/h4-6H,2H2,1,3H3/b7-4-. The van der Waals surface area contributed by atoms with Crippen molar-refractivity contribution in [1.29, 1.82) is 0 Å². The molecule has 0 aromatic carbocycles. The Kier molecular flexibility index (Phi) is 2.26. The van der Waals surface area contributed by atoms with E-state index in [2.05, 4.69) is 11.6 Å². The van der Waals surface area contributed by atoms with Crippen LogP contribution in [0.2, 0.25) is 0 Å². The summed E-state index contributed by atoms with van der Waals surface area (Å²) in [4.78, 5) is 3.98. The van der Waals surface area contributed by atoms with Gasteiger partial charge in [0.2, 0.25) is 0 Å². The molecular formula is C9H11NO. The van der Waals surface area contributed by atoms with E-state index in [1.807, 2.05) is 19.9 Å². The molecule has 0 fully saturated rings. The molecule has 11 heavy (non-hydrogen) atoms. The minimum Gasteiger partial charge on any atom is -0.443 e. The zero-order valence-electron chi connectivity index (χ0n) is 6.79. The van der Waals surface area contributed by atoms with Crippen molar-refractivity contribution in [2.45, 2.75) is 13.8 Å². The molecule has 2 nitrogen and oxygen atoms in total. The fraction of sp³-hybridized carbons (Fsp3) is 0.222. The molecule has 0 spiro atoms. The Bertz CT molecular complexity index is 284. The summed E-state index contributed by atoms with van der Waals surface area (Å²) < 4.78 is 5.16. The second-order valence-corrected chi connectivity index (χ2v) is 2.24. The van der Waals surface area contributed by atoms with Crippen LogP contribution in [0.4, 0.5) is 0 Å². The molecule has 0 saturated carbocycles. The molecule has 0 amide bonds. The van der Waals surface area contributed by atoms with E-state index in [0.717, 1.165) is 17.0 Å². The van der Waals surface area contributed by atoms with Crippen molar-refractivity contribution in [3.63, 3.8) is 0 Å². The SMILES string of the molecule is C=Cc1ncoc1/C(C)=C\C. The Morgan fingerprint density at radius 1 is 1.73 bits per heavy atom. The molecule has 1 heterocycles. The van der Waals surface area contributed by atoms with Crippen molar-refractivity contribution in [3.05, 3.63) is 30.5 Å². The summed E-state index contributed by atoms with van der Waals surface area (Å²) in [6.07, 6.45) is 5.10. The van der Waals surface area contributed by atoms with Crippen LogP contribution < -0.4 is 0 Å². The number of hydrogen-bond acceptors (Lipinski definition) is 2. The summed E-state index contributed by atoms with van der Waals surface area (Å²) in [5.74, 6) is 0.808. The van der Waals surface area contributed by atoms with E-state index in [9.17, 15) is 0 Å². The smallest absolute Gasteiger partial charge is 0.181 e. The molecule has 0 aliphatic carbocycles. The Labute approximate surface area is 66.3 Å². The first-order chi connectivity index (χ1) is 5.29. The molecule has 1 rings (SSSR count). The Balaban J connectivity index is 3.12. The maximum atomic E-state index is 5.16. The number of rotatable bonds is 2. The van der Waals surface area contributed by atoms with Gasteiger partial charge >= 0.3 is 0 Å². The summed E-state index contributed by atoms with van der Waals surface area (Å²) in [5, 5.41) is 0. The van der Waals surface area contributed by atoms with E-state index < -0.39 is 0 Å². The molecule has 0 atom stereocenters. The van der Waals surface area contributed by atoms with Gasteiger partial charge in [-0.3, -0.25) is 0 Å². The first kappa shape index (κ1) is 7.79. The van der Waals surface area contributed by atoms with Gasteiger partial charge in [-0.2, -0.15) is 0 Å². The maximum Gasteiger partial charge on any atom is 0.181 e. The van der Waals surface area contributed by atoms with Crippen molar-refractivity contribution < 1.29 is 4.42 Å². The molecule has 0 N–H and O–H groups in total. The van der Waals surface area contributed by atoms with Gasteiger partial charge < -0.3 is 4.42 Å².